The smallest absolute Gasteiger partial charge is 0.306 e. The third-order valence-electron chi connectivity index (χ3n) is 13.7. The fraction of sp³-hybridized carbons (Fsp3) is 0.750. The van der Waals surface area contributed by atoms with Crippen molar-refractivity contribution in [1.29, 1.82) is 0 Å². The molecule has 0 saturated heterocycles. The molecular formula is C68H118O6. The fourth-order valence-corrected chi connectivity index (χ4v) is 8.95. The first-order chi connectivity index (χ1) is 36.5. The first-order valence-corrected chi connectivity index (χ1v) is 31.6. The molecule has 0 fully saturated rings. The van der Waals surface area contributed by atoms with Gasteiger partial charge in [-0.25, -0.2) is 0 Å². The highest BCUT2D eigenvalue weighted by Gasteiger charge is 2.19. The van der Waals surface area contributed by atoms with E-state index in [1.807, 2.05) is 0 Å². The number of rotatable bonds is 57. The predicted octanol–water partition coefficient (Wildman–Crippen LogP) is 21.5. The van der Waals surface area contributed by atoms with Gasteiger partial charge in [0.2, 0.25) is 0 Å². The van der Waals surface area contributed by atoms with Gasteiger partial charge in [0.1, 0.15) is 13.2 Å². The molecule has 0 aromatic carbocycles. The third kappa shape index (κ3) is 59.5. The molecule has 0 aliphatic heterocycles. The topological polar surface area (TPSA) is 78.9 Å². The van der Waals surface area contributed by atoms with Gasteiger partial charge in [0, 0.05) is 19.3 Å². The van der Waals surface area contributed by atoms with E-state index in [-0.39, 0.29) is 31.1 Å². The molecule has 426 valence electrons. The monoisotopic (exact) mass is 1030 g/mol. The summed E-state index contributed by atoms with van der Waals surface area (Å²) in [5.41, 5.74) is 0. The first kappa shape index (κ1) is 70.6. The second-order valence-electron chi connectivity index (χ2n) is 21.0. The molecule has 0 saturated carbocycles. The zero-order valence-electron chi connectivity index (χ0n) is 48.8. The molecule has 74 heavy (non-hydrogen) atoms. The van der Waals surface area contributed by atoms with Crippen LogP contribution in [0.1, 0.15) is 310 Å². The molecule has 0 aromatic rings. The maximum atomic E-state index is 12.9. The Kier molecular flexibility index (Phi) is 59.3. The molecule has 0 spiro atoms. The Morgan fingerprint density at radius 3 is 0.824 bits per heavy atom. The van der Waals surface area contributed by atoms with Crippen LogP contribution in [0.25, 0.3) is 0 Å². The van der Waals surface area contributed by atoms with Gasteiger partial charge in [-0.15, -0.1) is 0 Å². The van der Waals surface area contributed by atoms with Crippen LogP contribution in [0.5, 0.6) is 0 Å². The van der Waals surface area contributed by atoms with Gasteiger partial charge < -0.3 is 14.2 Å². The van der Waals surface area contributed by atoms with Gasteiger partial charge >= 0.3 is 17.9 Å². The Hall–Kier alpha value is -3.41. The maximum Gasteiger partial charge on any atom is 0.306 e. The number of carbonyl (C=O) groups excluding carboxylic acids is 3. The number of ether oxygens (including phenoxy) is 3. The zero-order chi connectivity index (χ0) is 53.6. The molecule has 1 atom stereocenters. The van der Waals surface area contributed by atoms with E-state index in [1.165, 1.54) is 148 Å². The Morgan fingerprint density at radius 1 is 0.284 bits per heavy atom. The van der Waals surface area contributed by atoms with Gasteiger partial charge in [-0.1, -0.05) is 298 Å². The Balaban J connectivity index is 4.34. The lowest BCUT2D eigenvalue weighted by atomic mass is 10.0. The molecule has 0 rings (SSSR count). The number of unbranched alkanes of at least 4 members (excludes halogenated alkanes) is 32. The molecule has 6 nitrogen and oxygen atoms in total. The standard InChI is InChI=1S/C68H118O6/c1-4-7-10-13-16-19-22-25-27-29-30-31-32-33-34-35-36-37-38-39-41-43-46-49-52-55-58-61-67(70)73-64-65(63-72-66(69)60-57-54-51-48-45-42-24-21-18-15-12-9-6-3)74-68(71)62-59-56-53-50-47-44-40-28-26-23-20-17-14-11-8-5-2/h7,10,16,19,25,27,30-31,33-34,36-37,39,41,65H,4-6,8-9,11-15,17-18,20-24,26,28-29,32,35,38,40,42-64H2,1-3H3/b10-7-,19-16-,27-25-,31-30-,34-33-,37-36-,41-39-. The first-order valence-electron chi connectivity index (χ1n) is 31.6. The molecule has 0 N–H and O–H groups in total. The lowest BCUT2D eigenvalue weighted by Gasteiger charge is -2.18. The third-order valence-corrected chi connectivity index (χ3v) is 13.7. The van der Waals surface area contributed by atoms with Crippen LogP contribution >= 0.6 is 0 Å². The molecule has 0 amide bonds. The summed E-state index contributed by atoms with van der Waals surface area (Å²) in [5.74, 6) is -0.884. The number of esters is 3. The maximum absolute atomic E-state index is 12.9. The van der Waals surface area contributed by atoms with Crippen molar-refractivity contribution in [2.45, 2.75) is 316 Å². The van der Waals surface area contributed by atoms with Crippen LogP contribution in [0.15, 0.2) is 85.1 Å². The summed E-state index contributed by atoms with van der Waals surface area (Å²) in [6.07, 6.45) is 81.5. The highest BCUT2D eigenvalue weighted by molar-refractivity contribution is 5.71. The molecule has 1 unspecified atom stereocenters. The number of hydrogen-bond acceptors (Lipinski definition) is 6. The number of carbonyl (C=O) groups is 3. The minimum absolute atomic E-state index is 0.0783. The summed E-state index contributed by atoms with van der Waals surface area (Å²) in [4.78, 5) is 38.3. The number of allylic oxidation sites excluding steroid dienone is 14. The molecule has 0 bridgehead atoms. The van der Waals surface area contributed by atoms with Crippen LogP contribution in [-0.2, 0) is 28.6 Å². The van der Waals surface area contributed by atoms with Crippen molar-refractivity contribution in [2.75, 3.05) is 13.2 Å². The molecule has 0 radical (unpaired) electrons. The van der Waals surface area contributed by atoms with Crippen molar-refractivity contribution in [3.8, 4) is 0 Å². The van der Waals surface area contributed by atoms with Gasteiger partial charge in [-0.2, -0.15) is 0 Å². The molecule has 0 aliphatic carbocycles. The van der Waals surface area contributed by atoms with E-state index in [0.717, 1.165) is 122 Å². The summed E-state index contributed by atoms with van der Waals surface area (Å²) in [6.45, 7) is 6.54. The SMILES string of the molecule is CC/C=C\C/C=C\C/C=C\C/C=C\C/C=C\C/C=C\C/C=C\CCCCCCCC(=O)OCC(COC(=O)CCCCCCCCCCCCCCC)OC(=O)CCCCCCCCCCCCCCCCCC. The van der Waals surface area contributed by atoms with Crippen molar-refractivity contribution < 1.29 is 28.6 Å². The van der Waals surface area contributed by atoms with Crippen LogP contribution in [-0.4, -0.2) is 37.2 Å². The number of hydrogen-bond donors (Lipinski definition) is 0. The minimum atomic E-state index is -0.782. The molecule has 0 heterocycles. The van der Waals surface area contributed by atoms with Crippen LogP contribution in [0.4, 0.5) is 0 Å². The Bertz CT molecular complexity index is 1420. The van der Waals surface area contributed by atoms with Crippen LogP contribution in [0, 0.1) is 0 Å². The van der Waals surface area contributed by atoms with Gasteiger partial charge in [-0.05, 0) is 77.0 Å². The summed E-state index contributed by atoms with van der Waals surface area (Å²) in [5, 5.41) is 0. The van der Waals surface area contributed by atoms with Crippen molar-refractivity contribution >= 4 is 17.9 Å². The minimum Gasteiger partial charge on any atom is -0.462 e. The summed E-state index contributed by atoms with van der Waals surface area (Å²) < 4.78 is 16.9. The lowest BCUT2D eigenvalue weighted by Crippen LogP contribution is -2.30. The van der Waals surface area contributed by atoms with Gasteiger partial charge in [0.05, 0.1) is 0 Å². The van der Waals surface area contributed by atoms with Crippen LogP contribution in [0.3, 0.4) is 0 Å². The van der Waals surface area contributed by atoms with Gasteiger partial charge in [-0.3, -0.25) is 14.4 Å². The average Bonchev–Trinajstić information content (AvgIpc) is 3.40. The highest BCUT2D eigenvalue weighted by Crippen LogP contribution is 2.17. The van der Waals surface area contributed by atoms with E-state index in [1.54, 1.807) is 0 Å². The van der Waals surface area contributed by atoms with E-state index in [4.69, 9.17) is 14.2 Å². The van der Waals surface area contributed by atoms with Crippen LogP contribution in [0.2, 0.25) is 0 Å². The lowest BCUT2D eigenvalue weighted by molar-refractivity contribution is -0.167. The van der Waals surface area contributed by atoms with Gasteiger partial charge in [0.25, 0.3) is 0 Å². The van der Waals surface area contributed by atoms with E-state index in [0.29, 0.717) is 19.3 Å². The van der Waals surface area contributed by atoms with Crippen molar-refractivity contribution in [3.63, 3.8) is 0 Å². The zero-order valence-corrected chi connectivity index (χ0v) is 48.8. The fourth-order valence-electron chi connectivity index (χ4n) is 8.95. The Morgan fingerprint density at radius 2 is 0.527 bits per heavy atom. The van der Waals surface area contributed by atoms with Crippen molar-refractivity contribution in [1.82, 2.24) is 0 Å². The second-order valence-corrected chi connectivity index (χ2v) is 21.0. The van der Waals surface area contributed by atoms with Gasteiger partial charge in [0.15, 0.2) is 6.10 Å². The predicted molar refractivity (Wildman–Crippen MR) is 321 cm³/mol. The normalized spacial score (nSPS) is 12.6. The van der Waals surface area contributed by atoms with Crippen molar-refractivity contribution in [3.05, 3.63) is 85.1 Å². The summed E-state index contributed by atoms with van der Waals surface area (Å²) >= 11 is 0. The van der Waals surface area contributed by atoms with E-state index in [2.05, 4.69) is 106 Å². The molecule has 0 aliphatic rings. The van der Waals surface area contributed by atoms with Crippen LogP contribution < -0.4 is 0 Å². The molecule has 6 heteroatoms. The van der Waals surface area contributed by atoms with E-state index >= 15 is 0 Å². The molecule has 0 aromatic heterocycles. The van der Waals surface area contributed by atoms with Crippen molar-refractivity contribution in [2.24, 2.45) is 0 Å². The van der Waals surface area contributed by atoms with E-state index in [9.17, 15) is 14.4 Å². The Labute approximate surface area is 458 Å². The largest absolute Gasteiger partial charge is 0.462 e. The summed E-state index contributed by atoms with van der Waals surface area (Å²) in [7, 11) is 0. The second kappa shape index (κ2) is 62.1. The quantitative estimate of drug-likeness (QED) is 0.0261. The highest BCUT2D eigenvalue weighted by atomic mass is 16.6. The molecular weight excluding hydrogens is 913 g/mol. The van der Waals surface area contributed by atoms with E-state index < -0.39 is 6.10 Å². The summed E-state index contributed by atoms with van der Waals surface area (Å²) in [6, 6.07) is 0. The average molecular weight is 1030 g/mol.